The second-order valence-corrected chi connectivity index (χ2v) is 17.6. The van der Waals surface area contributed by atoms with Crippen LogP contribution in [-0.4, -0.2) is 34.9 Å². The second kappa shape index (κ2) is 49.0. The van der Waals surface area contributed by atoms with Crippen molar-refractivity contribution in [3.63, 3.8) is 0 Å². The van der Waals surface area contributed by atoms with Crippen molar-refractivity contribution in [1.29, 1.82) is 0 Å². The first-order valence-corrected chi connectivity index (χ1v) is 25.7. The van der Waals surface area contributed by atoms with Crippen molar-refractivity contribution >= 4 is 5.91 Å². The molecule has 57 heavy (non-hydrogen) atoms. The van der Waals surface area contributed by atoms with Gasteiger partial charge in [0.15, 0.2) is 0 Å². The summed E-state index contributed by atoms with van der Waals surface area (Å²) in [6, 6.07) is -0.546. The SMILES string of the molecule is CC/C=C\C/C=C\C/C=C\CCCCCCCC(=O)NC(CO)C(O)CCCCCCCCCCCCCCCCCCCCCCCCCCCCCCCC. The van der Waals surface area contributed by atoms with Crippen LogP contribution in [0, 0.1) is 0 Å². The lowest BCUT2D eigenvalue weighted by atomic mass is 10.0. The summed E-state index contributed by atoms with van der Waals surface area (Å²) in [4.78, 5) is 12.4. The van der Waals surface area contributed by atoms with Crippen molar-refractivity contribution in [2.75, 3.05) is 6.61 Å². The van der Waals surface area contributed by atoms with Gasteiger partial charge in [0, 0.05) is 6.42 Å². The Bertz CT molecular complexity index is 866. The number of hydrogen-bond acceptors (Lipinski definition) is 3. The van der Waals surface area contributed by atoms with E-state index in [0.717, 1.165) is 57.8 Å². The number of allylic oxidation sites excluding steroid dienone is 6. The van der Waals surface area contributed by atoms with E-state index >= 15 is 0 Å². The molecule has 0 aromatic carbocycles. The molecule has 0 spiro atoms. The smallest absolute Gasteiger partial charge is 0.220 e. The summed E-state index contributed by atoms with van der Waals surface area (Å²) in [6.45, 7) is 4.26. The third-order valence-electron chi connectivity index (χ3n) is 11.9. The first-order chi connectivity index (χ1) is 28.2. The fourth-order valence-electron chi connectivity index (χ4n) is 8.02. The maximum atomic E-state index is 12.4. The molecule has 0 heterocycles. The van der Waals surface area contributed by atoms with E-state index in [4.69, 9.17) is 0 Å². The summed E-state index contributed by atoms with van der Waals surface area (Å²) in [5.41, 5.74) is 0. The predicted octanol–water partition coefficient (Wildman–Crippen LogP) is 16.5. The minimum Gasteiger partial charge on any atom is -0.394 e. The summed E-state index contributed by atoms with van der Waals surface area (Å²) in [5.74, 6) is -0.0463. The molecular weight excluding hydrogens is 699 g/mol. The fourth-order valence-corrected chi connectivity index (χ4v) is 8.02. The van der Waals surface area contributed by atoms with Gasteiger partial charge in [-0.15, -0.1) is 0 Å². The molecule has 0 aromatic heterocycles. The molecule has 1 amide bonds. The number of unbranched alkanes of at least 4 members (excludes halogenated alkanes) is 34. The molecule has 0 saturated heterocycles. The standard InChI is InChI=1S/C53H101NO3/c1-3-5-7-9-11-13-15-17-19-20-21-22-23-24-25-26-27-28-29-30-31-32-33-35-36-38-40-42-44-46-48-52(56)51(50-55)54-53(57)49-47-45-43-41-39-37-34-18-16-14-12-10-8-6-4-2/h6,8,12,14,18,34,51-52,55-56H,3-5,7,9-11,13,15-17,19-33,35-50H2,1-2H3,(H,54,57)/b8-6-,14-12-,34-18-. The monoisotopic (exact) mass is 800 g/mol. The van der Waals surface area contributed by atoms with E-state index in [0.29, 0.717) is 12.8 Å². The van der Waals surface area contributed by atoms with E-state index in [9.17, 15) is 15.0 Å². The highest BCUT2D eigenvalue weighted by Crippen LogP contribution is 2.17. The van der Waals surface area contributed by atoms with Crippen molar-refractivity contribution in [2.24, 2.45) is 0 Å². The van der Waals surface area contributed by atoms with Gasteiger partial charge in [-0.1, -0.05) is 262 Å². The quantitative estimate of drug-likeness (QED) is 0.0424. The molecule has 2 unspecified atom stereocenters. The molecule has 0 aliphatic heterocycles. The molecule has 2 atom stereocenters. The van der Waals surface area contributed by atoms with Crippen molar-refractivity contribution in [2.45, 2.75) is 289 Å². The summed E-state index contributed by atoms with van der Waals surface area (Å²) in [6.07, 6.45) is 65.5. The van der Waals surface area contributed by atoms with Crippen LogP contribution in [0.4, 0.5) is 0 Å². The van der Waals surface area contributed by atoms with Gasteiger partial charge in [0.2, 0.25) is 5.91 Å². The minimum atomic E-state index is -0.667. The topological polar surface area (TPSA) is 69.6 Å². The van der Waals surface area contributed by atoms with Crippen molar-refractivity contribution in [1.82, 2.24) is 5.32 Å². The van der Waals surface area contributed by atoms with E-state index < -0.39 is 12.1 Å². The summed E-state index contributed by atoms with van der Waals surface area (Å²) >= 11 is 0. The van der Waals surface area contributed by atoms with Gasteiger partial charge >= 0.3 is 0 Å². The highest BCUT2D eigenvalue weighted by molar-refractivity contribution is 5.76. The molecular formula is C53H101NO3. The third kappa shape index (κ3) is 45.5. The zero-order chi connectivity index (χ0) is 41.4. The maximum absolute atomic E-state index is 12.4. The number of carbonyl (C=O) groups excluding carboxylic acids is 1. The molecule has 0 fully saturated rings. The van der Waals surface area contributed by atoms with Gasteiger partial charge in [-0.2, -0.15) is 0 Å². The second-order valence-electron chi connectivity index (χ2n) is 17.6. The average molecular weight is 800 g/mol. The van der Waals surface area contributed by atoms with Gasteiger partial charge in [0.1, 0.15) is 0 Å². The van der Waals surface area contributed by atoms with Crippen LogP contribution in [0.15, 0.2) is 36.5 Å². The van der Waals surface area contributed by atoms with Crippen LogP contribution < -0.4 is 5.32 Å². The van der Waals surface area contributed by atoms with Crippen molar-refractivity contribution in [3.05, 3.63) is 36.5 Å². The highest BCUT2D eigenvalue weighted by atomic mass is 16.3. The lowest BCUT2D eigenvalue weighted by molar-refractivity contribution is -0.123. The number of carbonyl (C=O) groups is 1. The Hall–Kier alpha value is -1.39. The highest BCUT2D eigenvalue weighted by Gasteiger charge is 2.20. The van der Waals surface area contributed by atoms with Crippen LogP contribution in [0.25, 0.3) is 0 Å². The first kappa shape index (κ1) is 55.6. The molecule has 0 radical (unpaired) electrons. The lowest BCUT2D eigenvalue weighted by Gasteiger charge is -2.22. The molecule has 4 nitrogen and oxygen atoms in total. The number of aliphatic hydroxyl groups is 2. The maximum Gasteiger partial charge on any atom is 0.220 e. The van der Waals surface area contributed by atoms with Gasteiger partial charge in [-0.05, 0) is 44.9 Å². The zero-order valence-electron chi connectivity index (χ0n) is 38.6. The van der Waals surface area contributed by atoms with Gasteiger partial charge in [0.05, 0.1) is 18.8 Å². The number of aliphatic hydroxyl groups excluding tert-OH is 2. The van der Waals surface area contributed by atoms with Gasteiger partial charge in [-0.3, -0.25) is 4.79 Å². The van der Waals surface area contributed by atoms with Crippen LogP contribution >= 0.6 is 0 Å². The molecule has 4 heteroatoms. The van der Waals surface area contributed by atoms with Crippen LogP contribution in [0.5, 0.6) is 0 Å². The van der Waals surface area contributed by atoms with Crippen LogP contribution in [0.2, 0.25) is 0 Å². The molecule has 3 N–H and O–H groups in total. The Morgan fingerprint density at radius 1 is 0.439 bits per heavy atom. The Morgan fingerprint density at radius 3 is 1.16 bits per heavy atom. The summed E-state index contributed by atoms with van der Waals surface area (Å²) in [7, 11) is 0. The van der Waals surface area contributed by atoms with Gasteiger partial charge < -0.3 is 15.5 Å². The van der Waals surface area contributed by atoms with Gasteiger partial charge in [-0.25, -0.2) is 0 Å². The van der Waals surface area contributed by atoms with Crippen LogP contribution in [0.1, 0.15) is 277 Å². The predicted molar refractivity (Wildman–Crippen MR) is 253 cm³/mol. The van der Waals surface area contributed by atoms with Crippen LogP contribution in [0.3, 0.4) is 0 Å². The molecule has 0 saturated carbocycles. The zero-order valence-corrected chi connectivity index (χ0v) is 38.6. The number of hydrogen-bond donors (Lipinski definition) is 3. The van der Waals surface area contributed by atoms with Crippen molar-refractivity contribution in [3.8, 4) is 0 Å². The summed E-state index contributed by atoms with van der Waals surface area (Å²) in [5, 5.41) is 23.2. The molecule has 0 bridgehead atoms. The van der Waals surface area contributed by atoms with Crippen molar-refractivity contribution < 1.29 is 15.0 Å². The lowest BCUT2D eigenvalue weighted by Crippen LogP contribution is -2.45. The first-order valence-electron chi connectivity index (χ1n) is 25.7. The number of rotatable bonds is 47. The molecule has 336 valence electrons. The molecule has 0 rings (SSSR count). The van der Waals surface area contributed by atoms with E-state index in [1.807, 2.05) is 0 Å². The summed E-state index contributed by atoms with van der Waals surface area (Å²) < 4.78 is 0. The van der Waals surface area contributed by atoms with E-state index in [1.54, 1.807) is 0 Å². The number of amides is 1. The molecule has 0 aliphatic rings. The fraction of sp³-hybridized carbons (Fsp3) is 0.868. The number of nitrogens with one attached hydrogen (secondary N) is 1. The Morgan fingerprint density at radius 2 is 0.772 bits per heavy atom. The average Bonchev–Trinajstić information content (AvgIpc) is 3.22. The minimum absolute atomic E-state index is 0.0463. The Labute approximate surface area is 357 Å². The normalized spacial score (nSPS) is 13.1. The largest absolute Gasteiger partial charge is 0.394 e. The van der Waals surface area contributed by atoms with Gasteiger partial charge in [0.25, 0.3) is 0 Å². The van der Waals surface area contributed by atoms with E-state index in [1.165, 1.54) is 193 Å². The molecule has 0 aliphatic carbocycles. The van der Waals surface area contributed by atoms with E-state index in [-0.39, 0.29) is 12.5 Å². The van der Waals surface area contributed by atoms with E-state index in [2.05, 4.69) is 55.6 Å². The molecule has 0 aromatic rings. The van der Waals surface area contributed by atoms with Crippen LogP contribution in [-0.2, 0) is 4.79 Å². The Balaban J connectivity index is 3.42. The Kier molecular flexibility index (Phi) is 47.8. The third-order valence-corrected chi connectivity index (χ3v) is 11.9.